The number of aromatic amines is 1. The van der Waals surface area contributed by atoms with Crippen LogP contribution in [0.4, 0.5) is 5.00 Å². The van der Waals surface area contributed by atoms with Crippen molar-refractivity contribution in [2.75, 3.05) is 46.8 Å². The van der Waals surface area contributed by atoms with Crippen LogP contribution in [0.15, 0.2) is 67.0 Å². The topological polar surface area (TPSA) is 100 Å². The number of likely N-dealkylation sites (N-methyl/N-ethyl adjacent to an activating group) is 1. The van der Waals surface area contributed by atoms with E-state index in [1.807, 2.05) is 43.3 Å². The molecular weight excluding hydrogens is 649 g/mol. The van der Waals surface area contributed by atoms with Gasteiger partial charge in [-0.05, 0) is 67.9 Å². The number of nitrogens with zero attached hydrogens (tertiary/aromatic N) is 1. The fraction of sp³-hybridized carbons (Fsp3) is 0.324. The van der Waals surface area contributed by atoms with Gasteiger partial charge < -0.3 is 29.2 Å². The molecule has 0 aliphatic heterocycles. The Morgan fingerprint density at radius 3 is 2.48 bits per heavy atom. The maximum absolute atomic E-state index is 13.7. The number of thiophene rings is 1. The Kier molecular flexibility index (Phi) is 10.7. The summed E-state index contributed by atoms with van der Waals surface area (Å²) in [7, 11) is 6.94. The zero-order valence-corrected chi connectivity index (χ0v) is 28.4. The number of aryl methyl sites for hydroxylation is 1. The summed E-state index contributed by atoms with van der Waals surface area (Å²) in [6.45, 7) is 0.877. The number of rotatable bonds is 13. The molecule has 1 aliphatic carbocycles. The molecule has 0 saturated carbocycles. The van der Waals surface area contributed by atoms with Crippen LogP contribution in [0.3, 0.4) is 0 Å². The first kappa shape index (κ1) is 33.5. The fourth-order valence-corrected chi connectivity index (χ4v) is 6.90. The Morgan fingerprint density at radius 1 is 1.02 bits per heavy atom. The SMILES string of the molecule is COc1ccc([C@H](Cc2c(Cl)c[nH+]cc2Cl)OC(=O)c2ccc(NC3(C(=O)OCCN(C)C)CCc4ccccc43)s2)cc1OC. The number of H-pyrrole nitrogens is 1. The zero-order valence-electron chi connectivity index (χ0n) is 26.0. The van der Waals surface area contributed by atoms with Crippen LogP contribution in [-0.4, -0.2) is 58.3 Å². The van der Waals surface area contributed by atoms with Crippen LogP contribution in [0.1, 0.15) is 44.5 Å². The van der Waals surface area contributed by atoms with Crippen molar-refractivity contribution in [3.8, 4) is 11.5 Å². The molecule has 2 N–H and O–H groups in total. The highest BCUT2D eigenvalue weighted by Gasteiger charge is 2.47. The number of esters is 2. The molecule has 2 atom stereocenters. The number of carbonyl (C=O) groups excluding carboxylic acids is 2. The monoisotopic (exact) mass is 684 g/mol. The first-order valence-corrected chi connectivity index (χ1v) is 16.3. The molecule has 0 radical (unpaired) electrons. The molecule has 2 aromatic heterocycles. The van der Waals surface area contributed by atoms with Gasteiger partial charge in [0.1, 0.15) is 27.6 Å². The van der Waals surface area contributed by atoms with E-state index in [1.54, 1.807) is 49.8 Å². The number of anilines is 1. The number of hydrogen-bond donors (Lipinski definition) is 1. The maximum Gasteiger partial charge on any atom is 0.349 e. The molecule has 1 aliphatic rings. The second-order valence-electron chi connectivity index (χ2n) is 11.1. The van der Waals surface area contributed by atoms with E-state index in [-0.39, 0.29) is 19.0 Å². The van der Waals surface area contributed by atoms with E-state index in [0.29, 0.717) is 55.5 Å². The predicted octanol–water partition coefficient (Wildman–Crippen LogP) is 6.39. The summed E-state index contributed by atoms with van der Waals surface area (Å²) in [6.07, 6.45) is 3.95. The number of hydrogen-bond acceptors (Lipinski definition) is 9. The molecule has 242 valence electrons. The predicted molar refractivity (Wildman–Crippen MR) is 178 cm³/mol. The quantitative estimate of drug-likeness (QED) is 0.162. The first-order valence-electron chi connectivity index (χ1n) is 14.7. The van der Waals surface area contributed by atoms with Crippen LogP contribution in [-0.2, 0) is 32.6 Å². The van der Waals surface area contributed by atoms with Crippen molar-refractivity contribution in [3.63, 3.8) is 0 Å². The maximum atomic E-state index is 13.7. The van der Waals surface area contributed by atoms with Crippen molar-refractivity contribution in [2.24, 2.45) is 0 Å². The highest BCUT2D eigenvalue weighted by Crippen LogP contribution is 2.42. The average Bonchev–Trinajstić information content (AvgIpc) is 3.67. The van der Waals surface area contributed by atoms with E-state index >= 15 is 0 Å². The molecule has 2 heterocycles. The standard InChI is InChI=1S/C34H35Cl2N3O6S/c1-39(2)15-16-44-33(41)34(14-13-21-7-5-6-8-24(21)34)38-31-12-11-30(46-31)32(40)45-28(18-23-25(35)19-37-20-26(23)36)22-9-10-27(42-3)29(17-22)43-4/h5-12,17,19-20,28,38H,13-16,18H2,1-4H3/p+1/t28-,34?/m0/s1. The first-order chi connectivity index (χ1) is 22.1. The number of nitrogens with one attached hydrogen (secondary N) is 2. The molecule has 1 unspecified atom stereocenters. The van der Waals surface area contributed by atoms with Crippen molar-refractivity contribution in [3.05, 3.63) is 104 Å². The van der Waals surface area contributed by atoms with Crippen LogP contribution in [0.2, 0.25) is 10.0 Å². The third-order valence-corrected chi connectivity index (χ3v) is 9.58. The molecule has 9 nitrogen and oxygen atoms in total. The summed E-state index contributed by atoms with van der Waals surface area (Å²) in [4.78, 5) is 32.5. The lowest BCUT2D eigenvalue weighted by molar-refractivity contribution is -0.377. The summed E-state index contributed by atoms with van der Waals surface area (Å²) >= 11 is 14.2. The summed E-state index contributed by atoms with van der Waals surface area (Å²) in [5.74, 6) is 0.140. The Morgan fingerprint density at radius 2 is 1.76 bits per heavy atom. The van der Waals surface area contributed by atoms with Crippen molar-refractivity contribution in [2.45, 2.75) is 30.9 Å². The average molecular weight is 686 g/mol. The van der Waals surface area contributed by atoms with Gasteiger partial charge in [0.05, 0.1) is 19.2 Å². The van der Waals surface area contributed by atoms with E-state index in [9.17, 15) is 9.59 Å². The number of ether oxygens (including phenoxy) is 4. The second-order valence-corrected chi connectivity index (χ2v) is 13.0. The minimum atomic E-state index is -1.07. The lowest BCUT2D eigenvalue weighted by Crippen LogP contribution is -2.43. The van der Waals surface area contributed by atoms with Crippen molar-refractivity contribution < 1.29 is 33.5 Å². The number of aromatic nitrogens is 1. The number of halogens is 2. The van der Waals surface area contributed by atoms with Crippen LogP contribution < -0.4 is 19.8 Å². The van der Waals surface area contributed by atoms with E-state index in [2.05, 4.69) is 10.3 Å². The molecule has 5 rings (SSSR count). The smallest absolute Gasteiger partial charge is 0.349 e. The molecule has 0 fully saturated rings. The van der Waals surface area contributed by atoms with Crippen molar-refractivity contribution in [1.82, 2.24) is 4.90 Å². The number of benzene rings is 2. The van der Waals surface area contributed by atoms with Crippen molar-refractivity contribution >= 4 is 51.5 Å². The lowest BCUT2D eigenvalue weighted by atomic mass is 9.92. The van der Waals surface area contributed by atoms with E-state index in [0.717, 1.165) is 17.5 Å². The van der Waals surface area contributed by atoms with Gasteiger partial charge in [0.25, 0.3) is 0 Å². The van der Waals surface area contributed by atoms with Crippen LogP contribution in [0, 0.1) is 0 Å². The molecular formula is C34H36Cl2N3O6S+. The summed E-state index contributed by atoms with van der Waals surface area (Å²) in [5, 5.41) is 4.91. The van der Waals surface area contributed by atoms with Gasteiger partial charge in [0, 0.05) is 18.5 Å². The minimum Gasteiger partial charge on any atom is -0.493 e. The Labute approximate surface area is 282 Å². The van der Waals surface area contributed by atoms with Crippen LogP contribution in [0.5, 0.6) is 11.5 Å². The molecule has 12 heteroatoms. The Balaban J connectivity index is 1.41. The Hall–Kier alpha value is -3.83. The van der Waals surface area contributed by atoms with E-state index in [4.69, 9.17) is 42.1 Å². The summed E-state index contributed by atoms with van der Waals surface area (Å²) in [6, 6.07) is 16.7. The van der Waals surface area contributed by atoms with E-state index in [1.165, 1.54) is 18.4 Å². The highest BCUT2D eigenvalue weighted by atomic mass is 35.5. The molecule has 0 bridgehead atoms. The molecule has 0 spiro atoms. The number of methoxy groups -OCH3 is 2. The van der Waals surface area contributed by atoms with Crippen LogP contribution in [0.25, 0.3) is 0 Å². The molecule has 0 saturated heterocycles. The number of carbonyl (C=O) groups is 2. The van der Waals surface area contributed by atoms with Gasteiger partial charge in [-0.1, -0.05) is 53.5 Å². The van der Waals surface area contributed by atoms with Crippen LogP contribution >= 0.6 is 34.5 Å². The third-order valence-electron chi connectivity index (χ3n) is 7.93. The highest BCUT2D eigenvalue weighted by molar-refractivity contribution is 7.17. The molecule has 2 aromatic carbocycles. The van der Waals surface area contributed by atoms with Gasteiger partial charge in [0.15, 0.2) is 29.4 Å². The molecule has 4 aromatic rings. The summed E-state index contributed by atoms with van der Waals surface area (Å²) < 4.78 is 22.8. The Bertz CT molecular complexity index is 1690. The van der Waals surface area contributed by atoms with Gasteiger partial charge in [0.2, 0.25) is 0 Å². The third kappa shape index (κ3) is 7.25. The fourth-order valence-electron chi connectivity index (χ4n) is 5.50. The van der Waals surface area contributed by atoms with Crippen molar-refractivity contribution in [1.29, 1.82) is 0 Å². The van der Waals surface area contributed by atoms with Gasteiger partial charge in [-0.15, -0.1) is 11.3 Å². The minimum absolute atomic E-state index is 0.211. The normalized spacial score (nSPS) is 16.1. The zero-order chi connectivity index (χ0) is 32.8. The van der Waals surface area contributed by atoms with Gasteiger partial charge >= 0.3 is 11.9 Å². The second kappa shape index (κ2) is 14.7. The van der Waals surface area contributed by atoms with Gasteiger partial charge in [-0.25, -0.2) is 14.6 Å². The summed E-state index contributed by atoms with van der Waals surface area (Å²) in [5.41, 5.74) is 2.18. The molecule has 0 amide bonds. The van der Waals surface area contributed by atoms with Gasteiger partial charge in [-0.2, -0.15) is 0 Å². The van der Waals surface area contributed by atoms with E-state index < -0.39 is 17.6 Å². The molecule has 46 heavy (non-hydrogen) atoms. The number of pyridine rings is 1. The largest absolute Gasteiger partial charge is 0.493 e. The lowest BCUT2D eigenvalue weighted by Gasteiger charge is -2.30. The number of fused-ring (bicyclic) bond motifs is 1. The van der Waals surface area contributed by atoms with Gasteiger partial charge in [-0.3, -0.25) is 0 Å².